The third kappa shape index (κ3) is 2.82. The van der Waals surface area contributed by atoms with E-state index in [4.69, 9.17) is 5.73 Å². The van der Waals surface area contributed by atoms with Crippen molar-refractivity contribution in [3.05, 3.63) is 6.92 Å². The van der Waals surface area contributed by atoms with E-state index in [9.17, 15) is 4.79 Å². The molecule has 0 spiro atoms. The number of amides is 1. The van der Waals surface area contributed by atoms with Crippen LogP contribution in [0.4, 0.5) is 0 Å². The van der Waals surface area contributed by atoms with Gasteiger partial charge in [0.25, 0.3) is 0 Å². The first-order valence-corrected chi connectivity index (χ1v) is 3.42. The van der Waals surface area contributed by atoms with E-state index in [1.807, 2.05) is 13.8 Å². The molecule has 0 aromatic carbocycles. The quantitative estimate of drug-likeness (QED) is 0.580. The average molecular weight is 143 g/mol. The van der Waals surface area contributed by atoms with Crippen molar-refractivity contribution >= 4 is 5.91 Å². The summed E-state index contributed by atoms with van der Waals surface area (Å²) in [5, 5.41) is 2.55. The van der Waals surface area contributed by atoms with Gasteiger partial charge in [0.05, 0.1) is 6.04 Å². The molecule has 0 aromatic heterocycles. The van der Waals surface area contributed by atoms with Crippen molar-refractivity contribution in [3.8, 4) is 0 Å². The molecule has 0 aromatic rings. The Morgan fingerprint density at radius 1 is 1.70 bits per heavy atom. The van der Waals surface area contributed by atoms with Gasteiger partial charge in [-0.15, -0.1) is 0 Å². The monoisotopic (exact) mass is 143 g/mol. The van der Waals surface area contributed by atoms with Crippen LogP contribution >= 0.6 is 0 Å². The second kappa shape index (κ2) is 4.28. The van der Waals surface area contributed by atoms with Crippen LogP contribution in [-0.4, -0.2) is 18.5 Å². The van der Waals surface area contributed by atoms with E-state index in [1.165, 1.54) is 0 Å². The van der Waals surface area contributed by atoms with Crippen LogP contribution in [0.25, 0.3) is 0 Å². The molecule has 0 rings (SSSR count). The molecule has 10 heavy (non-hydrogen) atoms. The Kier molecular flexibility index (Phi) is 4.03. The summed E-state index contributed by atoms with van der Waals surface area (Å²) >= 11 is 0. The van der Waals surface area contributed by atoms with Gasteiger partial charge in [-0.2, -0.15) is 0 Å². The molecule has 0 fully saturated rings. The third-order valence-corrected chi connectivity index (χ3v) is 1.32. The van der Waals surface area contributed by atoms with Crippen LogP contribution in [0.2, 0.25) is 0 Å². The lowest BCUT2D eigenvalue weighted by Crippen LogP contribution is -2.43. The number of carbonyl (C=O) groups excluding carboxylic acids is 1. The Hall–Kier alpha value is -0.570. The van der Waals surface area contributed by atoms with Crippen molar-refractivity contribution in [2.24, 2.45) is 11.7 Å². The second-order valence-corrected chi connectivity index (χ2v) is 2.56. The molecular weight excluding hydrogens is 128 g/mol. The van der Waals surface area contributed by atoms with Gasteiger partial charge in [0.15, 0.2) is 0 Å². The lowest BCUT2D eigenvalue weighted by molar-refractivity contribution is -0.123. The SMILES string of the molecule is [CH2]CNC(=O)C(N)C(C)C. The molecule has 0 saturated heterocycles. The Labute approximate surface area is 62.0 Å². The molecule has 59 valence electrons. The van der Waals surface area contributed by atoms with E-state index < -0.39 is 6.04 Å². The van der Waals surface area contributed by atoms with Gasteiger partial charge in [-0.1, -0.05) is 13.8 Å². The normalized spacial score (nSPS) is 13.3. The maximum absolute atomic E-state index is 10.9. The molecule has 0 heterocycles. The highest BCUT2D eigenvalue weighted by Crippen LogP contribution is 1.96. The van der Waals surface area contributed by atoms with Crippen LogP contribution in [0.1, 0.15) is 13.8 Å². The number of hydrogen-bond acceptors (Lipinski definition) is 2. The molecule has 0 bridgehead atoms. The lowest BCUT2D eigenvalue weighted by Gasteiger charge is -2.13. The zero-order chi connectivity index (χ0) is 8.15. The Balaban J connectivity index is 3.71. The van der Waals surface area contributed by atoms with Crippen molar-refractivity contribution in [2.75, 3.05) is 6.54 Å². The topological polar surface area (TPSA) is 55.1 Å². The first-order chi connectivity index (χ1) is 4.59. The second-order valence-electron chi connectivity index (χ2n) is 2.56. The predicted octanol–water partition coefficient (Wildman–Crippen LogP) is -0.0800. The van der Waals surface area contributed by atoms with E-state index >= 15 is 0 Å². The van der Waals surface area contributed by atoms with Gasteiger partial charge in [0.1, 0.15) is 0 Å². The standard InChI is InChI=1S/C7H15N2O/c1-4-9-7(10)6(8)5(2)3/h5-6H,1,4,8H2,2-3H3,(H,9,10). The molecule has 0 aliphatic rings. The zero-order valence-corrected chi connectivity index (χ0v) is 6.55. The minimum Gasteiger partial charge on any atom is -0.355 e. The molecule has 1 radical (unpaired) electrons. The summed E-state index contributed by atoms with van der Waals surface area (Å²) in [5.41, 5.74) is 5.51. The smallest absolute Gasteiger partial charge is 0.237 e. The first kappa shape index (κ1) is 9.43. The lowest BCUT2D eigenvalue weighted by atomic mass is 10.1. The first-order valence-electron chi connectivity index (χ1n) is 3.42. The van der Waals surface area contributed by atoms with Crippen LogP contribution in [0.3, 0.4) is 0 Å². The van der Waals surface area contributed by atoms with Gasteiger partial charge in [-0.25, -0.2) is 0 Å². The summed E-state index contributed by atoms with van der Waals surface area (Å²) in [6.07, 6.45) is 0. The van der Waals surface area contributed by atoms with Crippen molar-refractivity contribution in [1.29, 1.82) is 0 Å². The van der Waals surface area contributed by atoms with Crippen molar-refractivity contribution < 1.29 is 4.79 Å². The summed E-state index contributed by atoms with van der Waals surface area (Å²) in [7, 11) is 0. The van der Waals surface area contributed by atoms with Crippen molar-refractivity contribution in [3.63, 3.8) is 0 Å². The molecule has 3 nitrogen and oxygen atoms in total. The van der Waals surface area contributed by atoms with E-state index in [1.54, 1.807) is 0 Å². The number of carbonyl (C=O) groups is 1. The summed E-state index contributed by atoms with van der Waals surface area (Å²) in [6, 6.07) is -0.401. The van der Waals surface area contributed by atoms with Gasteiger partial charge >= 0.3 is 0 Å². The van der Waals surface area contributed by atoms with Crippen LogP contribution < -0.4 is 11.1 Å². The summed E-state index contributed by atoms with van der Waals surface area (Å²) < 4.78 is 0. The number of rotatable bonds is 3. The van der Waals surface area contributed by atoms with Crippen LogP contribution in [0, 0.1) is 12.8 Å². The number of hydrogen-bond donors (Lipinski definition) is 2. The molecule has 0 aliphatic carbocycles. The fourth-order valence-corrected chi connectivity index (χ4v) is 0.544. The van der Waals surface area contributed by atoms with E-state index in [0.717, 1.165) is 0 Å². The predicted molar refractivity (Wildman–Crippen MR) is 41.2 cm³/mol. The molecular formula is C7H15N2O. The van der Waals surface area contributed by atoms with E-state index in [0.29, 0.717) is 6.54 Å². The molecule has 1 unspecified atom stereocenters. The van der Waals surface area contributed by atoms with Crippen molar-refractivity contribution in [2.45, 2.75) is 19.9 Å². The molecule has 3 N–H and O–H groups in total. The maximum Gasteiger partial charge on any atom is 0.237 e. The highest BCUT2D eigenvalue weighted by molar-refractivity contribution is 5.81. The van der Waals surface area contributed by atoms with Crippen LogP contribution in [-0.2, 0) is 4.79 Å². The average Bonchev–Trinajstić information content (AvgIpc) is 1.87. The Morgan fingerprint density at radius 2 is 2.20 bits per heavy atom. The third-order valence-electron chi connectivity index (χ3n) is 1.32. The summed E-state index contributed by atoms with van der Waals surface area (Å²) in [6.45, 7) is 7.70. The van der Waals surface area contributed by atoms with Crippen LogP contribution in [0.15, 0.2) is 0 Å². The molecule has 1 amide bonds. The number of nitrogens with two attached hydrogens (primary N) is 1. The fraction of sp³-hybridized carbons (Fsp3) is 0.714. The molecule has 3 heteroatoms. The van der Waals surface area contributed by atoms with E-state index in [2.05, 4.69) is 12.2 Å². The molecule has 0 aliphatic heterocycles. The maximum atomic E-state index is 10.9. The molecule has 0 saturated carbocycles. The van der Waals surface area contributed by atoms with Crippen LogP contribution in [0.5, 0.6) is 0 Å². The molecule has 1 atom stereocenters. The van der Waals surface area contributed by atoms with Gasteiger partial charge in [0.2, 0.25) is 5.91 Å². The summed E-state index contributed by atoms with van der Waals surface area (Å²) in [4.78, 5) is 10.9. The Bertz CT molecular complexity index is 112. The van der Waals surface area contributed by atoms with E-state index in [-0.39, 0.29) is 11.8 Å². The van der Waals surface area contributed by atoms with Crippen molar-refractivity contribution in [1.82, 2.24) is 5.32 Å². The van der Waals surface area contributed by atoms with Gasteiger partial charge in [-0.3, -0.25) is 4.79 Å². The zero-order valence-electron chi connectivity index (χ0n) is 6.55. The largest absolute Gasteiger partial charge is 0.355 e. The minimum absolute atomic E-state index is 0.120. The van der Waals surface area contributed by atoms with Gasteiger partial charge < -0.3 is 11.1 Å². The summed E-state index contributed by atoms with van der Waals surface area (Å²) in [5.74, 6) is 0.0663. The van der Waals surface area contributed by atoms with Gasteiger partial charge in [0, 0.05) is 6.54 Å². The highest BCUT2D eigenvalue weighted by Gasteiger charge is 2.15. The minimum atomic E-state index is -0.401. The van der Waals surface area contributed by atoms with Gasteiger partial charge in [-0.05, 0) is 12.8 Å². The Morgan fingerprint density at radius 3 is 2.50 bits per heavy atom. The number of nitrogens with one attached hydrogen (secondary N) is 1. The fourth-order valence-electron chi connectivity index (χ4n) is 0.544. The highest BCUT2D eigenvalue weighted by atomic mass is 16.2.